The molecule has 2 aliphatic heterocycles. The van der Waals surface area contributed by atoms with E-state index in [1.807, 2.05) is 19.1 Å². The van der Waals surface area contributed by atoms with Gasteiger partial charge in [-0.1, -0.05) is 6.07 Å². The van der Waals surface area contributed by atoms with Gasteiger partial charge in [-0.2, -0.15) is 0 Å². The van der Waals surface area contributed by atoms with Crippen LogP contribution < -0.4 is 10.6 Å². The number of aliphatic hydroxyl groups is 2. The van der Waals surface area contributed by atoms with Gasteiger partial charge in [-0.25, -0.2) is 9.59 Å². The third-order valence-corrected chi connectivity index (χ3v) is 6.27. The highest BCUT2D eigenvalue weighted by molar-refractivity contribution is 5.93. The Morgan fingerprint density at radius 1 is 0.771 bits per heavy atom. The molecule has 0 unspecified atom stereocenters. The van der Waals surface area contributed by atoms with Crippen LogP contribution in [0.4, 0.5) is 21.0 Å². The molecule has 10 nitrogen and oxygen atoms in total. The first-order chi connectivity index (χ1) is 16.3. The normalized spacial score (nSPS) is 18.5. The monoisotopic (exact) mass is 490 g/mol. The van der Waals surface area contributed by atoms with E-state index < -0.39 is 11.2 Å². The van der Waals surface area contributed by atoms with Crippen LogP contribution in [0, 0.1) is 6.92 Å². The molecular formula is C25H42N6O4. The number of nitrogens with zero attached hydrogens (tertiary/aromatic N) is 4. The molecule has 1 aromatic carbocycles. The number of hydrogen-bond acceptors (Lipinski definition) is 6. The number of benzene rings is 1. The standard InChI is InChI=1S/C25H42N6O4/c1-19-6-7-20(26-22(32)30-12-8-28(9-13-30)17-24(2,3)34)16-21(19)27-23(33)31-14-10-29(11-15-31)18-25(4,5)35/h6-7,16,34-35H,8-15,17-18H2,1-5H3,(H,26,32)(H,27,33). The van der Waals surface area contributed by atoms with E-state index in [0.717, 1.165) is 31.7 Å². The summed E-state index contributed by atoms with van der Waals surface area (Å²) >= 11 is 0. The van der Waals surface area contributed by atoms with Gasteiger partial charge in [-0.05, 0) is 52.3 Å². The molecular weight excluding hydrogens is 448 g/mol. The van der Waals surface area contributed by atoms with Gasteiger partial charge in [0.2, 0.25) is 0 Å². The molecule has 35 heavy (non-hydrogen) atoms. The van der Waals surface area contributed by atoms with Crippen molar-refractivity contribution in [3.8, 4) is 0 Å². The average molecular weight is 491 g/mol. The predicted octanol–water partition coefficient (Wildman–Crippen LogP) is 1.84. The number of amides is 4. The van der Waals surface area contributed by atoms with Crippen molar-refractivity contribution >= 4 is 23.4 Å². The minimum absolute atomic E-state index is 0.164. The quantitative estimate of drug-likeness (QED) is 0.484. The van der Waals surface area contributed by atoms with E-state index in [0.29, 0.717) is 50.6 Å². The maximum absolute atomic E-state index is 12.9. The number of anilines is 2. The second-order valence-corrected chi connectivity index (χ2v) is 11.0. The Kier molecular flexibility index (Phi) is 8.63. The van der Waals surface area contributed by atoms with Crippen molar-refractivity contribution in [1.82, 2.24) is 19.6 Å². The van der Waals surface area contributed by atoms with Gasteiger partial charge in [0.25, 0.3) is 0 Å². The minimum atomic E-state index is -0.754. The summed E-state index contributed by atoms with van der Waals surface area (Å²) in [5, 5.41) is 26.0. The van der Waals surface area contributed by atoms with Crippen molar-refractivity contribution in [1.29, 1.82) is 0 Å². The van der Waals surface area contributed by atoms with Crippen LogP contribution in [0.25, 0.3) is 0 Å². The number of rotatable bonds is 6. The van der Waals surface area contributed by atoms with E-state index in [9.17, 15) is 19.8 Å². The SMILES string of the molecule is Cc1ccc(NC(=O)N2CCN(CC(C)(C)O)CC2)cc1NC(=O)N1CCN(CC(C)(C)O)CC1. The summed E-state index contributed by atoms with van der Waals surface area (Å²) in [6.45, 7) is 15.5. The fourth-order valence-corrected chi connectivity index (χ4v) is 4.54. The summed E-state index contributed by atoms with van der Waals surface area (Å²) in [5.41, 5.74) is 0.705. The van der Waals surface area contributed by atoms with Crippen LogP contribution in [-0.4, -0.2) is 119 Å². The lowest BCUT2D eigenvalue weighted by atomic mass is 10.1. The number of nitrogens with one attached hydrogen (secondary N) is 2. The van der Waals surface area contributed by atoms with Gasteiger partial charge in [0, 0.05) is 76.8 Å². The molecule has 2 saturated heterocycles. The Morgan fingerprint density at radius 3 is 1.63 bits per heavy atom. The summed E-state index contributed by atoms with van der Waals surface area (Å²) in [4.78, 5) is 33.5. The van der Waals surface area contributed by atoms with Crippen molar-refractivity contribution in [3.63, 3.8) is 0 Å². The van der Waals surface area contributed by atoms with E-state index in [1.54, 1.807) is 43.6 Å². The lowest BCUT2D eigenvalue weighted by Crippen LogP contribution is -2.53. The van der Waals surface area contributed by atoms with Crippen molar-refractivity contribution in [3.05, 3.63) is 23.8 Å². The Bertz CT molecular complexity index is 879. The largest absolute Gasteiger partial charge is 0.389 e. The smallest absolute Gasteiger partial charge is 0.321 e. The summed E-state index contributed by atoms with van der Waals surface area (Å²) in [5.74, 6) is 0. The Hall–Kier alpha value is -2.40. The molecule has 0 radical (unpaired) electrons. The number of carbonyl (C=O) groups is 2. The van der Waals surface area contributed by atoms with Crippen LogP contribution in [0.1, 0.15) is 33.3 Å². The Balaban J connectivity index is 1.51. The number of urea groups is 2. The van der Waals surface area contributed by atoms with Gasteiger partial charge in [0.15, 0.2) is 0 Å². The van der Waals surface area contributed by atoms with E-state index in [4.69, 9.17) is 0 Å². The van der Waals surface area contributed by atoms with E-state index in [1.165, 1.54) is 0 Å². The van der Waals surface area contributed by atoms with Gasteiger partial charge < -0.3 is 30.6 Å². The summed E-state index contributed by atoms with van der Waals surface area (Å²) < 4.78 is 0. The Morgan fingerprint density at radius 2 is 1.20 bits per heavy atom. The molecule has 4 N–H and O–H groups in total. The molecule has 0 saturated carbocycles. The van der Waals surface area contributed by atoms with Crippen molar-refractivity contribution in [2.24, 2.45) is 0 Å². The van der Waals surface area contributed by atoms with Crippen LogP contribution >= 0.6 is 0 Å². The first-order valence-corrected chi connectivity index (χ1v) is 12.4. The second kappa shape index (κ2) is 11.1. The van der Waals surface area contributed by atoms with E-state index >= 15 is 0 Å². The number of piperazine rings is 2. The molecule has 1 aromatic rings. The first kappa shape index (κ1) is 27.2. The molecule has 2 fully saturated rings. The van der Waals surface area contributed by atoms with Gasteiger partial charge in [-0.15, -0.1) is 0 Å². The lowest BCUT2D eigenvalue weighted by Gasteiger charge is -2.37. The van der Waals surface area contributed by atoms with Gasteiger partial charge in [0.1, 0.15) is 0 Å². The summed E-state index contributed by atoms with van der Waals surface area (Å²) in [6.07, 6.45) is 0. The topological polar surface area (TPSA) is 112 Å². The number of carbonyl (C=O) groups excluding carboxylic acids is 2. The molecule has 3 rings (SSSR count). The van der Waals surface area contributed by atoms with Crippen LogP contribution in [0.2, 0.25) is 0 Å². The van der Waals surface area contributed by atoms with E-state index in [-0.39, 0.29) is 12.1 Å². The number of aryl methyl sites for hydroxylation is 1. The zero-order chi connectivity index (χ0) is 25.8. The van der Waals surface area contributed by atoms with Crippen molar-refractivity contribution in [2.75, 3.05) is 76.1 Å². The first-order valence-electron chi connectivity index (χ1n) is 12.4. The summed E-state index contributed by atoms with van der Waals surface area (Å²) in [6, 6.07) is 5.18. The third kappa shape index (κ3) is 8.64. The number of hydrogen-bond donors (Lipinski definition) is 4. The molecule has 0 spiro atoms. The van der Waals surface area contributed by atoms with E-state index in [2.05, 4.69) is 20.4 Å². The van der Waals surface area contributed by atoms with Gasteiger partial charge in [-0.3, -0.25) is 9.80 Å². The highest BCUT2D eigenvalue weighted by Gasteiger charge is 2.26. The maximum Gasteiger partial charge on any atom is 0.321 e. The highest BCUT2D eigenvalue weighted by Crippen LogP contribution is 2.22. The van der Waals surface area contributed by atoms with Gasteiger partial charge >= 0.3 is 12.1 Å². The molecule has 2 heterocycles. The molecule has 0 bridgehead atoms. The molecule has 2 aliphatic rings. The molecule has 196 valence electrons. The number of β-amino-alcohol motifs (C(OH)–C–C–N with tert-alkyl or cyclic N) is 2. The third-order valence-electron chi connectivity index (χ3n) is 6.27. The fourth-order valence-electron chi connectivity index (χ4n) is 4.54. The highest BCUT2D eigenvalue weighted by atomic mass is 16.3. The lowest BCUT2D eigenvalue weighted by molar-refractivity contribution is 0.0226. The van der Waals surface area contributed by atoms with Crippen LogP contribution in [-0.2, 0) is 0 Å². The van der Waals surface area contributed by atoms with Crippen molar-refractivity contribution in [2.45, 2.75) is 45.8 Å². The fraction of sp³-hybridized carbons (Fsp3) is 0.680. The molecule has 10 heteroatoms. The zero-order valence-electron chi connectivity index (χ0n) is 21.8. The zero-order valence-corrected chi connectivity index (χ0v) is 21.8. The minimum Gasteiger partial charge on any atom is -0.389 e. The predicted molar refractivity (Wildman–Crippen MR) is 138 cm³/mol. The van der Waals surface area contributed by atoms with Gasteiger partial charge in [0.05, 0.1) is 11.2 Å². The summed E-state index contributed by atoms with van der Waals surface area (Å²) in [7, 11) is 0. The van der Waals surface area contributed by atoms with Crippen LogP contribution in [0.5, 0.6) is 0 Å². The van der Waals surface area contributed by atoms with Crippen LogP contribution in [0.3, 0.4) is 0 Å². The second-order valence-electron chi connectivity index (χ2n) is 11.0. The maximum atomic E-state index is 12.9. The van der Waals surface area contributed by atoms with Crippen molar-refractivity contribution < 1.29 is 19.8 Å². The molecule has 4 amide bonds. The van der Waals surface area contributed by atoms with Crippen LogP contribution in [0.15, 0.2) is 18.2 Å². The molecule has 0 aromatic heterocycles. The molecule has 0 aliphatic carbocycles. The Labute approximate surface area is 208 Å². The molecule has 0 atom stereocenters. The average Bonchev–Trinajstić information content (AvgIpc) is 2.75.